The van der Waals surface area contributed by atoms with Crippen LogP contribution in [0.5, 0.6) is 0 Å². The summed E-state index contributed by atoms with van der Waals surface area (Å²) in [5.74, 6) is -0.652. The van der Waals surface area contributed by atoms with E-state index < -0.39 is 27.2 Å². The molecule has 168 valence electrons. The first-order valence-corrected chi connectivity index (χ1v) is 11.6. The van der Waals surface area contributed by atoms with Crippen molar-refractivity contribution in [1.82, 2.24) is 18.4 Å². The molecule has 32 heavy (non-hydrogen) atoms. The smallest absolute Gasteiger partial charge is 0.319 e. The summed E-state index contributed by atoms with van der Waals surface area (Å²) < 4.78 is 29.9. The van der Waals surface area contributed by atoms with Crippen molar-refractivity contribution in [3.63, 3.8) is 0 Å². The average Bonchev–Trinajstić information content (AvgIpc) is 2.81. The summed E-state index contributed by atoms with van der Waals surface area (Å²) in [5.41, 5.74) is -0.917. The predicted molar refractivity (Wildman–Crippen MR) is 119 cm³/mol. The van der Waals surface area contributed by atoms with Gasteiger partial charge in [-0.25, -0.2) is 18.2 Å². The molecule has 1 amide bonds. The third kappa shape index (κ3) is 3.73. The van der Waals surface area contributed by atoms with Gasteiger partial charge in [0.25, 0.3) is 11.5 Å². The number of nitrogens with one attached hydrogen (secondary N) is 1. The van der Waals surface area contributed by atoms with Crippen LogP contribution >= 0.6 is 0 Å². The lowest BCUT2D eigenvalue weighted by molar-refractivity contribution is 0.102. The van der Waals surface area contributed by atoms with Crippen molar-refractivity contribution >= 4 is 32.7 Å². The summed E-state index contributed by atoms with van der Waals surface area (Å²) in [6.07, 6.45) is 2.59. The molecule has 2 aromatic heterocycles. The zero-order chi connectivity index (χ0) is 23.0. The molecule has 1 aliphatic rings. The molecule has 0 radical (unpaired) electrons. The molecule has 11 heteroatoms. The second kappa shape index (κ2) is 8.32. The molecule has 1 fully saturated rings. The minimum atomic E-state index is -3.77. The Kier molecular flexibility index (Phi) is 5.70. The molecule has 1 aliphatic heterocycles. The van der Waals surface area contributed by atoms with Gasteiger partial charge in [-0.1, -0.05) is 18.6 Å². The molecule has 1 saturated heterocycles. The van der Waals surface area contributed by atoms with Crippen molar-refractivity contribution < 1.29 is 13.2 Å². The van der Waals surface area contributed by atoms with E-state index in [1.807, 2.05) is 0 Å². The first kappa shape index (κ1) is 21.9. The molecule has 0 unspecified atom stereocenters. The van der Waals surface area contributed by atoms with Crippen LogP contribution in [-0.2, 0) is 24.1 Å². The number of carbonyl (C=O) groups is 1. The Labute approximate surface area is 184 Å². The van der Waals surface area contributed by atoms with Crippen molar-refractivity contribution in [2.75, 3.05) is 18.4 Å². The third-order valence-electron chi connectivity index (χ3n) is 5.60. The van der Waals surface area contributed by atoms with Gasteiger partial charge in [0.1, 0.15) is 16.2 Å². The number of anilines is 1. The molecule has 3 aromatic rings. The number of fused-ring (bicyclic) bond motifs is 1. The fourth-order valence-corrected chi connectivity index (χ4v) is 5.47. The number of amides is 1. The summed E-state index contributed by atoms with van der Waals surface area (Å²) in [7, 11) is -0.946. The van der Waals surface area contributed by atoms with Gasteiger partial charge in [-0.2, -0.15) is 4.31 Å². The second-order valence-corrected chi connectivity index (χ2v) is 9.59. The number of nitrogens with zero attached hydrogens (tertiary/aromatic N) is 4. The average molecular weight is 458 g/mol. The van der Waals surface area contributed by atoms with Gasteiger partial charge >= 0.3 is 5.69 Å². The minimum absolute atomic E-state index is 0.0114. The largest absolute Gasteiger partial charge is 0.332 e. The standard InChI is InChI=1S/C21H23N5O5S/c1-24-18-14(20(28)25(2)21(24)29)10-11-16(22-18)19(27)23-15-8-4-5-9-17(15)32(30,31)26-12-6-3-7-13-26/h4-5,8-11H,3,6-7,12-13H2,1-2H3,(H,23,27). The van der Waals surface area contributed by atoms with E-state index >= 15 is 0 Å². The van der Waals surface area contributed by atoms with Crippen LogP contribution in [0.3, 0.4) is 0 Å². The Morgan fingerprint density at radius 2 is 1.66 bits per heavy atom. The molecule has 10 nitrogen and oxygen atoms in total. The molecule has 4 rings (SSSR count). The van der Waals surface area contributed by atoms with E-state index in [2.05, 4.69) is 10.3 Å². The minimum Gasteiger partial charge on any atom is -0.319 e. The summed E-state index contributed by atoms with van der Waals surface area (Å²) in [6.45, 7) is 0.889. The van der Waals surface area contributed by atoms with E-state index in [9.17, 15) is 22.8 Å². The van der Waals surface area contributed by atoms with Crippen LogP contribution in [0.2, 0.25) is 0 Å². The van der Waals surface area contributed by atoms with E-state index in [1.54, 1.807) is 12.1 Å². The molecule has 3 heterocycles. The SMILES string of the molecule is Cn1c(=O)c2ccc(C(=O)Nc3ccccc3S(=O)(=O)N3CCCCC3)nc2n(C)c1=O. The highest BCUT2D eigenvalue weighted by Crippen LogP contribution is 2.27. The number of rotatable bonds is 4. The third-order valence-corrected chi connectivity index (χ3v) is 7.56. The van der Waals surface area contributed by atoms with Crippen molar-refractivity contribution in [2.24, 2.45) is 14.1 Å². The number of para-hydroxylation sites is 1. The number of benzene rings is 1. The molecule has 0 bridgehead atoms. The molecule has 1 aromatic carbocycles. The fourth-order valence-electron chi connectivity index (χ4n) is 3.81. The maximum atomic E-state index is 13.1. The molecule has 0 atom stereocenters. The number of aromatic nitrogens is 3. The number of carbonyl (C=O) groups excluding carboxylic acids is 1. The Hall–Kier alpha value is -3.31. The fraction of sp³-hybridized carbons (Fsp3) is 0.333. The lowest BCUT2D eigenvalue weighted by Gasteiger charge is -2.26. The van der Waals surface area contributed by atoms with Crippen LogP contribution in [0.4, 0.5) is 5.69 Å². The maximum Gasteiger partial charge on any atom is 0.332 e. The Balaban J connectivity index is 1.71. The Morgan fingerprint density at radius 3 is 2.38 bits per heavy atom. The number of aryl methyl sites for hydroxylation is 1. The maximum absolute atomic E-state index is 13.1. The second-order valence-electron chi connectivity index (χ2n) is 7.69. The van der Waals surface area contributed by atoms with Gasteiger partial charge < -0.3 is 5.32 Å². The Morgan fingerprint density at radius 1 is 0.969 bits per heavy atom. The van der Waals surface area contributed by atoms with E-state index in [1.165, 1.54) is 47.2 Å². The summed E-state index contributed by atoms with van der Waals surface area (Å²) in [5, 5.41) is 2.81. The number of pyridine rings is 1. The normalized spacial score (nSPS) is 15.1. The lowest BCUT2D eigenvalue weighted by atomic mass is 10.2. The summed E-state index contributed by atoms with van der Waals surface area (Å²) in [4.78, 5) is 41.6. The van der Waals surface area contributed by atoms with Crippen LogP contribution in [0.1, 0.15) is 29.8 Å². The van der Waals surface area contributed by atoms with Gasteiger partial charge in [-0.05, 0) is 37.1 Å². The van der Waals surface area contributed by atoms with Crippen LogP contribution in [0.15, 0.2) is 50.9 Å². The lowest BCUT2D eigenvalue weighted by Crippen LogP contribution is -2.37. The molecule has 1 N–H and O–H groups in total. The van der Waals surface area contributed by atoms with Gasteiger partial charge in [0.15, 0.2) is 0 Å². The van der Waals surface area contributed by atoms with Crippen molar-refractivity contribution in [2.45, 2.75) is 24.2 Å². The first-order valence-electron chi connectivity index (χ1n) is 10.2. The molecule has 0 saturated carbocycles. The highest BCUT2D eigenvalue weighted by Gasteiger charge is 2.28. The summed E-state index contributed by atoms with van der Waals surface area (Å²) in [6, 6.07) is 9.00. The van der Waals surface area contributed by atoms with Crippen molar-refractivity contribution in [3.05, 3.63) is 62.9 Å². The number of hydrogen-bond acceptors (Lipinski definition) is 6. The van der Waals surface area contributed by atoms with Gasteiger partial charge in [0.05, 0.1) is 11.1 Å². The van der Waals surface area contributed by atoms with E-state index in [4.69, 9.17) is 0 Å². The molecular weight excluding hydrogens is 434 g/mol. The van der Waals surface area contributed by atoms with Crippen LogP contribution in [-0.4, -0.2) is 45.8 Å². The number of sulfonamides is 1. The topological polar surface area (TPSA) is 123 Å². The number of piperidine rings is 1. The van der Waals surface area contributed by atoms with Crippen LogP contribution in [0, 0.1) is 0 Å². The van der Waals surface area contributed by atoms with E-state index in [0.717, 1.165) is 23.8 Å². The van der Waals surface area contributed by atoms with Gasteiger partial charge in [-0.3, -0.25) is 18.7 Å². The molecular formula is C21H23N5O5S. The molecule has 0 spiro atoms. The zero-order valence-corrected chi connectivity index (χ0v) is 18.6. The highest BCUT2D eigenvalue weighted by molar-refractivity contribution is 7.89. The van der Waals surface area contributed by atoms with Gasteiger partial charge in [-0.15, -0.1) is 0 Å². The first-order chi connectivity index (χ1) is 15.2. The van der Waals surface area contributed by atoms with Crippen LogP contribution < -0.4 is 16.6 Å². The van der Waals surface area contributed by atoms with Gasteiger partial charge in [0, 0.05) is 27.2 Å². The summed E-state index contributed by atoms with van der Waals surface area (Å²) >= 11 is 0. The predicted octanol–water partition coefficient (Wildman–Crippen LogP) is 1.06. The molecule has 0 aliphatic carbocycles. The van der Waals surface area contributed by atoms with Crippen molar-refractivity contribution in [1.29, 1.82) is 0 Å². The van der Waals surface area contributed by atoms with E-state index in [-0.39, 0.29) is 27.3 Å². The highest BCUT2D eigenvalue weighted by atomic mass is 32.2. The quantitative estimate of drug-likeness (QED) is 0.625. The number of hydrogen-bond donors (Lipinski definition) is 1. The van der Waals surface area contributed by atoms with E-state index in [0.29, 0.717) is 13.1 Å². The monoisotopic (exact) mass is 457 g/mol. The van der Waals surface area contributed by atoms with Crippen molar-refractivity contribution in [3.8, 4) is 0 Å². The Bertz CT molecular complexity index is 1440. The van der Waals surface area contributed by atoms with Gasteiger partial charge in [0.2, 0.25) is 10.0 Å². The van der Waals surface area contributed by atoms with Crippen LogP contribution in [0.25, 0.3) is 11.0 Å². The zero-order valence-electron chi connectivity index (χ0n) is 17.7.